The molecule has 0 fully saturated rings. The number of nitrogens with zero attached hydrogens (tertiary/aromatic N) is 1. The van der Waals surface area contributed by atoms with Gasteiger partial charge < -0.3 is 9.73 Å². The first kappa shape index (κ1) is 17.7. The average Bonchev–Trinajstić information content (AvgIpc) is 3.02. The van der Waals surface area contributed by atoms with Crippen LogP contribution in [-0.2, 0) is 16.6 Å². The van der Waals surface area contributed by atoms with E-state index >= 15 is 0 Å². The minimum absolute atomic E-state index is 0.0128. The molecule has 1 atom stereocenters. The maximum Gasteiger partial charge on any atom is 0.240 e. The summed E-state index contributed by atoms with van der Waals surface area (Å²) in [5.41, 5.74) is 1.73. The van der Waals surface area contributed by atoms with Crippen LogP contribution in [0.2, 0.25) is 0 Å². The number of nitrogens with one attached hydrogen (secondary N) is 2. The first-order valence-corrected chi connectivity index (χ1v) is 9.03. The third-order valence-corrected chi connectivity index (χ3v) is 5.00. The Kier molecular flexibility index (Phi) is 5.56. The van der Waals surface area contributed by atoms with Crippen molar-refractivity contribution in [1.82, 2.24) is 15.0 Å². The molecule has 2 rings (SSSR count). The Hall–Kier alpha value is -1.70. The van der Waals surface area contributed by atoms with E-state index in [4.69, 9.17) is 4.42 Å². The maximum atomic E-state index is 11.9. The van der Waals surface area contributed by atoms with Crippen molar-refractivity contribution in [3.63, 3.8) is 0 Å². The van der Waals surface area contributed by atoms with Gasteiger partial charge >= 0.3 is 0 Å². The summed E-state index contributed by atoms with van der Waals surface area (Å²) >= 11 is 0. The van der Waals surface area contributed by atoms with Crippen molar-refractivity contribution in [3.8, 4) is 0 Å². The molecule has 0 spiro atoms. The van der Waals surface area contributed by atoms with Gasteiger partial charge in [-0.1, -0.05) is 26.0 Å². The molecule has 0 saturated carbocycles. The quantitative estimate of drug-likeness (QED) is 0.811. The van der Waals surface area contributed by atoms with Crippen molar-refractivity contribution in [2.24, 2.45) is 0 Å². The van der Waals surface area contributed by atoms with Gasteiger partial charge in [0.15, 0.2) is 5.89 Å². The second-order valence-corrected chi connectivity index (χ2v) is 7.60. The first-order valence-electron chi connectivity index (χ1n) is 7.54. The molecule has 0 saturated heterocycles. The predicted octanol–water partition coefficient (Wildman–Crippen LogP) is 2.56. The van der Waals surface area contributed by atoms with Crippen LogP contribution in [0.5, 0.6) is 0 Å². The minimum atomic E-state index is -3.43. The summed E-state index contributed by atoms with van der Waals surface area (Å²) in [4.78, 5) is 4.67. The van der Waals surface area contributed by atoms with Gasteiger partial charge in [0.2, 0.25) is 10.0 Å². The highest BCUT2D eigenvalue weighted by Crippen LogP contribution is 2.18. The van der Waals surface area contributed by atoms with Crippen LogP contribution >= 0.6 is 0 Å². The molecule has 1 heterocycles. The van der Waals surface area contributed by atoms with Gasteiger partial charge in [-0.05, 0) is 31.7 Å². The molecule has 126 valence electrons. The average molecular weight is 337 g/mol. The van der Waals surface area contributed by atoms with E-state index in [1.165, 1.54) is 7.05 Å². The number of hydrogen-bond acceptors (Lipinski definition) is 5. The fourth-order valence-electron chi connectivity index (χ4n) is 2.11. The molecule has 6 nitrogen and oxygen atoms in total. The molecule has 1 aromatic heterocycles. The van der Waals surface area contributed by atoms with E-state index in [1.807, 2.05) is 26.8 Å². The standard InChI is InChI=1S/C16H23N3O3S/c1-11(2)16-19-14(10-22-16)9-18-12(3)13-6-5-7-15(8-13)23(20,21)17-4/h5-8,10-12,17-18H,9H2,1-4H3/t12-/m0/s1. The van der Waals surface area contributed by atoms with E-state index in [0.29, 0.717) is 6.54 Å². The van der Waals surface area contributed by atoms with E-state index < -0.39 is 10.0 Å². The molecule has 2 aromatic rings. The lowest BCUT2D eigenvalue weighted by Crippen LogP contribution is -2.21. The van der Waals surface area contributed by atoms with Crippen LogP contribution in [0, 0.1) is 0 Å². The van der Waals surface area contributed by atoms with E-state index in [1.54, 1.807) is 24.5 Å². The molecule has 0 bridgehead atoms. The number of oxazole rings is 1. The Labute approximate surface area is 137 Å². The van der Waals surface area contributed by atoms with Crippen LogP contribution in [0.4, 0.5) is 0 Å². The van der Waals surface area contributed by atoms with Gasteiger partial charge in [0, 0.05) is 18.5 Å². The SMILES string of the molecule is CNS(=O)(=O)c1cccc([C@H](C)NCc2coc(C(C)C)n2)c1. The molecule has 23 heavy (non-hydrogen) atoms. The summed E-state index contributed by atoms with van der Waals surface area (Å²) in [5.74, 6) is 0.973. The van der Waals surface area contributed by atoms with Crippen LogP contribution < -0.4 is 10.0 Å². The van der Waals surface area contributed by atoms with Crippen molar-refractivity contribution >= 4 is 10.0 Å². The second kappa shape index (κ2) is 7.25. The molecule has 0 radical (unpaired) electrons. The Morgan fingerprint density at radius 3 is 2.61 bits per heavy atom. The zero-order valence-corrected chi connectivity index (χ0v) is 14.6. The normalized spacial score (nSPS) is 13.4. The van der Waals surface area contributed by atoms with Crippen LogP contribution in [-0.4, -0.2) is 20.4 Å². The summed E-state index contributed by atoms with van der Waals surface area (Å²) in [6.45, 7) is 6.59. The molecule has 2 N–H and O–H groups in total. The fraction of sp³-hybridized carbons (Fsp3) is 0.438. The van der Waals surface area contributed by atoms with Crippen molar-refractivity contribution in [2.75, 3.05) is 7.05 Å². The lowest BCUT2D eigenvalue weighted by molar-refractivity contribution is 0.470. The number of aromatic nitrogens is 1. The van der Waals surface area contributed by atoms with E-state index in [2.05, 4.69) is 15.0 Å². The third-order valence-electron chi connectivity index (χ3n) is 3.59. The van der Waals surface area contributed by atoms with Crippen LogP contribution in [0.3, 0.4) is 0 Å². The number of benzene rings is 1. The van der Waals surface area contributed by atoms with Crippen molar-refractivity contribution in [3.05, 3.63) is 47.7 Å². The first-order chi connectivity index (χ1) is 10.8. The number of hydrogen-bond donors (Lipinski definition) is 2. The summed E-state index contributed by atoms with van der Waals surface area (Å²) in [7, 11) is -2.03. The van der Waals surface area contributed by atoms with Crippen molar-refractivity contribution in [2.45, 2.75) is 44.2 Å². The van der Waals surface area contributed by atoms with Gasteiger partial charge in [-0.3, -0.25) is 0 Å². The summed E-state index contributed by atoms with van der Waals surface area (Å²) in [6.07, 6.45) is 1.65. The van der Waals surface area contributed by atoms with E-state index in [0.717, 1.165) is 17.1 Å². The minimum Gasteiger partial charge on any atom is -0.448 e. The second-order valence-electron chi connectivity index (χ2n) is 5.71. The van der Waals surface area contributed by atoms with Gasteiger partial charge in [-0.25, -0.2) is 18.1 Å². The molecule has 1 aromatic carbocycles. The lowest BCUT2D eigenvalue weighted by Gasteiger charge is -2.14. The van der Waals surface area contributed by atoms with E-state index in [9.17, 15) is 8.42 Å². The zero-order chi connectivity index (χ0) is 17.0. The van der Waals surface area contributed by atoms with Gasteiger partial charge in [-0.2, -0.15) is 0 Å². The van der Waals surface area contributed by atoms with Gasteiger partial charge in [0.05, 0.1) is 10.6 Å². The van der Waals surface area contributed by atoms with E-state index in [-0.39, 0.29) is 16.9 Å². The van der Waals surface area contributed by atoms with Crippen LogP contribution in [0.25, 0.3) is 0 Å². The predicted molar refractivity (Wildman–Crippen MR) is 88.5 cm³/mol. The summed E-state index contributed by atoms with van der Waals surface area (Å²) < 4.78 is 31.5. The molecule has 0 unspecified atom stereocenters. The van der Waals surface area contributed by atoms with Gasteiger partial charge in [0.1, 0.15) is 6.26 Å². The van der Waals surface area contributed by atoms with Gasteiger partial charge in [-0.15, -0.1) is 0 Å². The highest BCUT2D eigenvalue weighted by molar-refractivity contribution is 7.89. The highest BCUT2D eigenvalue weighted by Gasteiger charge is 2.14. The number of sulfonamides is 1. The summed E-state index contributed by atoms with van der Waals surface area (Å²) in [5, 5.41) is 3.33. The van der Waals surface area contributed by atoms with Gasteiger partial charge in [0.25, 0.3) is 0 Å². The highest BCUT2D eigenvalue weighted by atomic mass is 32.2. The largest absolute Gasteiger partial charge is 0.448 e. The third kappa shape index (κ3) is 4.40. The molecule has 0 aliphatic rings. The molecule has 7 heteroatoms. The molecule has 0 aliphatic heterocycles. The number of rotatable bonds is 7. The Bertz CT molecular complexity index is 753. The molecular formula is C16H23N3O3S. The van der Waals surface area contributed by atoms with Crippen molar-refractivity contribution in [1.29, 1.82) is 0 Å². The Morgan fingerprint density at radius 2 is 2.00 bits per heavy atom. The molecule has 0 amide bonds. The molecular weight excluding hydrogens is 314 g/mol. The Balaban J connectivity index is 2.05. The van der Waals surface area contributed by atoms with Crippen LogP contribution in [0.1, 0.15) is 49.9 Å². The van der Waals surface area contributed by atoms with Crippen LogP contribution in [0.15, 0.2) is 39.8 Å². The monoisotopic (exact) mass is 337 g/mol. The Morgan fingerprint density at radius 1 is 1.26 bits per heavy atom. The topological polar surface area (TPSA) is 84.2 Å². The molecule has 0 aliphatic carbocycles. The lowest BCUT2D eigenvalue weighted by atomic mass is 10.1. The smallest absolute Gasteiger partial charge is 0.240 e. The fourth-order valence-corrected chi connectivity index (χ4v) is 2.90. The zero-order valence-electron chi connectivity index (χ0n) is 13.8. The van der Waals surface area contributed by atoms with Crippen molar-refractivity contribution < 1.29 is 12.8 Å². The summed E-state index contributed by atoms with van der Waals surface area (Å²) in [6, 6.07) is 6.88. The maximum absolute atomic E-state index is 11.9.